The second-order valence-electron chi connectivity index (χ2n) is 10.2. The van der Waals surface area contributed by atoms with Crippen LogP contribution in [0.15, 0.2) is 43.0 Å². The highest BCUT2D eigenvalue weighted by Gasteiger charge is 2.52. The molecule has 1 aliphatic carbocycles. The summed E-state index contributed by atoms with van der Waals surface area (Å²) < 4.78 is 4.93. The minimum absolute atomic E-state index is 0.0415. The van der Waals surface area contributed by atoms with E-state index in [0.29, 0.717) is 12.8 Å². The number of hydrazine groups is 1. The fourth-order valence-electron chi connectivity index (χ4n) is 5.72. The summed E-state index contributed by atoms with van der Waals surface area (Å²) in [6.07, 6.45) is 4.66. The average Bonchev–Trinajstić information content (AvgIpc) is 3.49. The molecule has 2 atom stereocenters. The van der Waals surface area contributed by atoms with Gasteiger partial charge in [0.25, 0.3) is 0 Å². The van der Waals surface area contributed by atoms with Crippen molar-refractivity contribution in [2.45, 2.75) is 63.3 Å². The molecular weight excluding hydrogens is 514 g/mol. The molecule has 40 heavy (non-hydrogen) atoms. The van der Waals surface area contributed by atoms with Gasteiger partial charge in [0.1, 0.15) is 25.4 Å². The molecule has 4 rings (SSSR count). The van der Waals surface area contributed by atoms with E-state index in [9.17, 15) is 24.4 Å². The van der Waals surface area contributed by atoms with Crippen molar-refractivity contribution in [3.05, 3.63) is 48.6 Å². The van der Waals surface area contributed by atoms with Crippen LogP contribution >= 0.6 is 0 Å². The SMILES string of the molecule is C=CCOC(=O)NCCC[C@H]1C(=O)N(C2CCCC2)CC2N1C(=O)CN(CC#N)N2C(=O)NCc1ccccc1. The number of piperazine rings is 1. The minimum atomic E-state index is -0.786. The van der Waals surface area contributed by atoms with E-state index in [1.54, 1.807) is 0 Å². The Morgan fingerprint density at radius 1 is 1.15 bits per heavy atom. The summed E-state index contributed by atoms with van der Waals surface area (Å²) in [6.45, 7) is 3.98. The van der Waals surface area contributed by atoms with E-state index in [1.165, 1.54) is 21.0 Å². The molecule has 1 unspecified atom stereocenters. The number of ether oxygens (including phenoxy) is 1. The highest BCUT2D eigenvalue weighted by atomic mass is 16.5. The van der Waals surface area contributed by atoms with Crippen molar-refractivity contribution in [1.82, 2.24) is 30.5 Å². The molecule has 3 aliphatic rings. The molecule has 1 aromatic rings. The van der Waals surface area contributed by atoms with E-state index in [0.717, 1.165) is 31.2 Å². The molecule has 12 heteroatoms. The topological polar surface area (TPSA) is 138 Å². The maximum Gasteiger partial charge on any atom is 0.407 e. The number of rotatable bonds is 10. The molecular formula is C28H37N7O5. The number of benzene rings is 1. The second-order valence-corrected chi connectivity index (χ2v) is 10.2. The number of urea groups is 1. The Kier molecular flexibility index (Phi) is 9.96. The zero-order chi connectivity index (χ0) is 28.5. The van der Waals surface area contributed by atoms with Crippen LogP contribution in [0.4, 0.5) is 9.59 Å². The van der Waals surface area contributed by atoms with Crippen LogP contribution in [-0.4, -0.2) is 94.8 Å². The molecule has 2 N–H and O–H groups in total. The predicted molar refractivity (Wildman–Crippen MR) is 145 cm³/mol. The number of hydrogen-bond donors (Lipinski definition) is 2. The van der Waals surface area contributed by atoms with Gasteiger partial charge in [0.2, 0.25) is 11.8 Å². The van der Waals surface area contributed by atoms with Crippen LogP contribution in [0.25, 0.3) is 0 Å². The second kappa shape index (κ2) is 13.8. The molecule has 0 bridgehead atoms. The van der Waals surface area contributed by atoms with Gasteiger partial charge >= 0.3 is 12.1 Å². The Hall–Kier alpha value is -4.11. The third kappa shape index (κ3) is 6.71. The predicted octanol–water partition coefficient (Wildman–Crippen LogP) is 1.95. The molecule has 2 heterocycles. The Bertz CT molecular complexity index is 1120. The van der Waals surface area contributed by atoms with Gasteiger partial charge in [-0.05, 0) is 31.2 Å². The van der Waals surface area contributed by atoms with Crippen LogP contribution in [0.3, 0.4) is 0 Å². The lowest BCUT2D eigenvalue weighted by molar-refractivity contribution is -0.191. The molecule has 0 radical (unpaired) electrons. The van der Waals surface area contributed by atoms with Crippen LogP contribution in [-0.2, 0) is 20.9 Å². The highest BCUT2D eigenvalue weighted by molar-refractivity contribution is 5.91. The number of nitrogens with one attached hydrogen (secondary N) is 2. The van der Waals surface area contributed by atoms with Gasteiger partial charge in [0.15, 0.2) is 0 Å². The van der Waals surface area contributed by atoms with E-state index >= 15 is 0 Å². The van der Waals surface area contributed by atoms with Crippen molar-refractivity contribution in [3.8, 4) is 6.07 Å². The molecule has 5 amide bonds. The summed E-state index contributed by atoms with van der Waals surface area (Å²) >= 11 is 0. The summed E-state index contributed by atoms with van der Waals surface area (Å²) in [5.74, 6) is -0.445. The van der Waals surface area contributed by atoms with Crippen molar-refractivity contribution in [3.63, 3.8) is 0 Å². The lowest BCUT2D eigenvalue weighted by Crippen LogP contribution is -2.77. The largest absolute Gasteiger partial charge is 0.445 e. The number of nitriles is 1. The van der Waals surface area contributed by atoms with Crippen molar-refractivity contribution in [1.29, 1.82) is 5.26 Å². The lowest BCUT2D eigenvalue weighted by atomic mass is 9.99. The van der Waals surface area contributed by atoms with Crippen molar-refractivity contribution in [2.75, 3.05) is 32.8 Å². The third-order valence-electron chi connectivity index (χ3n) is 7.55. The van der Waals surface area contributed by atoms with Gasteiger partial charge in [-0.25, -0.2) is 14.6 Å². The molecule has 214 valence electrons. The first kappa shape index (κ1) is 28.9. The van der Waals surface area contributed by atoms with Gasteiger partial charge in [-0.2, -0.15) is 10.3 Å². The molecule has 2 aliphatic heterocycles. The van der Waals surface area contributed by atoms with Gasteiger partial charge in [0, 0.05) is 19.1 Å². The molecule has 3 fully saturated rings. The zero-order valence-corrected chi connectivity index (χ0v) is 22.7. The first-order valence-electron chi connectivity index (χ1n) is 13.8. The van der Waals surface area contributed by atoms with Crippen molar-refractivity contribution < 1.29 is 23.9 Å². The molecule has 0 spiro atoms. The van der Waals surface area contributed by atoms with Crippen LogP contribution in [0.1, 0.15) is 44.1 Å². The Balaban J connectivity index is 1.55. The Morgan fingerprint density at radius 3 is 2.60 bits per heavy atom. The van der Waals surface area contributed by atoms with Crippen molar-refractivity contribution >= 4 is 23.9 Å². The van der Waals surface area contributed by atoms with Crippen LogP contribution < -0.4 is 10.6 Å². The maximum absolute atomic E-state index is 13.8. The Labute approximate surface area is 234 Å². The van der Waals surface area contributed by atoms with Crippen molar-refractivity contribution in [2.24, 2.45) is 0 Å². The van der Waals surface area contributed by atoms with E-state index in [-0.39, 0.29) is 57.2 Å². The quantitative estimate of drug-likeness (QED) is 0.258. The lowest BCUT2D eigenvalue weighted by Gasteiger charge is -2.55. The first-order chi connectivity index (χ1) is 19.4. The number of carbonyl (C=O) groups excluding carboxylic acids is 4. The number of amides is 5. The maximum atomic E-state index is 13.8. The summed E-state index contributed by atoms with van der Waals surface area (Å²) in [6, 6.07) is 10.3. The van der Waals surface area contributed by atoms with Gasteiger partial charge in [0.05, 0.1) is 19.2 Å². The molecule has 12 nitrogen and oxygen atoms in total. The normalized spacial score (nSPS) is 21.5. The van der Waals surface area contributed by atoms with Crippen LogP contribution in [0, 0.1) is 11.3 Å². The summed E-state index contributed by atoms with van der Waals surface area (Å²) in [4.78, 5) is 56.0. The summed E-state index contributed by atoms with van der Waals surface area (Å²) in [5, 5.41) is 18.0. The van der Waals surface area contributed by atoms with Gasteiger partial charge in [-0.15, -0.1) is 0 Å². The molecule has 1 saturated carbocycles. The van der Waals surface area contributed by atoms with Crippen LogP contribution in [0.2, 0.25) is 0 Å². The van der Waals surface area contributed by atoms with E-state index in [2.05, 4.69) is 23.3 Å². The van der Waals surface area contributed by atoms with Gasteiger partial charge in [-0.3, -0.25) is 9.59 Å². The summed E-state index contributed by atoms with van der Waals surface area (Å²) in [5.41, 5.74) is 0.913. The van der Waals surface area contributed by atoms with E-state index in [1.807, 2.05) is 35.2 Å². The number of carbonyl (C=O) groups is 4. The molecule has 2 saturated heterocycles. The fourth-order valence-corrected chi connectivity index (χ4v) is 5.72. The van der Waals surface area contributed by atoms with Crippen LogP contribution in [0.5, 0.6) is 0 Å². The Morgan fingerprint density at radius 2 is 1.90 bits per heavy atom. The van der Waals surface area contributed by atoms with E-state index < -0.39 is 24.3 Å². The fraction of sp³-hybridized carbons (Fsp3) is 0.536. The minimum Gasteiger partial charge on any atom is -0.445 e. The monoisotopic (exact) mass is 551 g/mol. The standard InChI is InChI=1S/C28H37N7O5/c1-2-17-40-28(39)30-15-8-13-23-26(37)33(22-11-6-7-12-22)19-24-34(23)25(36)20-32(16-14-29)35(24)27(38)31-18-21-9-4-3-5-10-21/h2-5,9-10,22-24H,1,6-8,11-13,15-20H2,(H,30,39)(H,31,38)/t23-,24?/m0/s1. The number of hydrogen-bond acceptors (Lipinski definition) is 7. The molecule has 1 aromatic carbocycles. The third-order valence-corrected chi connectivity index (χ3v) is 7.55. The zero-order valence-electron chi connectivity index (χ0n) is 22.7. The number of alkyl carbamates (subject to hydrolysis) is 1. The van der Waals surface area contributed by atoms with E-state index in [4.69, 9.17) is 4.74 Å². The van der Waals surface area contributed by atoms with Gasteiger partial charge < -0.3 is 25.2 Å². The highest BCUT2D eigenvalue weighted by Crippen LogP contribution is 2.33. The first-order valence-corrected chi connectivity index (χ1v) is 13.8. The smallest absolute Gasteiger partial charge is 0.407 e. The summed E-state index contributed by atoms with van der Waals surface area (Å²) in [7, 11) is 0. The number of fused-ring (bicyclic) bond motifs is 1. The van der Waals surface area contributed by atoms with Gasteiger partial charge in [-0.1, -0.05) is 55.8 Å². The number of nitrogens with zero attached hydrogens (tertiary/aromatic N) is 5. The average molecular weight is 552 g/mol. The molecule has 0 aromatic heterocycles.